The van der Waals surface area contributed by atoms with Gasteiger partial charge in [-0.05, 0) is 35.7 Å². The molecule has 0 aliphatic heterocycles. The molecule has 1 aromatic heterocycles. The summed E-state index contributed by atoms with van der Waals surface area (Å²) in [6.45, 7) is 0. The Kier molecular flexibility index (Phi) is 5.99. The van der Waals surface area contributed by atoms with Gasteiger partial charge in [0.2, 0.25) is 15.9 Å². The van der Waals surface area contributed by atoms with Crippen molar-refractivity contribution in [1.82, 2.24) is 4.31 Å². The summed E-state index contributed by atoms with van der Waals surface area (Å²) in [6, 6.07) is 8.49. The van der Waals surface area contributed by atoms with E-state index in [0.29, 0.717) is 5.69 Å². The number of thiophene rings is 1. The van der Waals surface area contributed by atoms with Gasteiger partial charge >= 0.3 is 0 Å². The zero-order valence-electron chi connectivity index (χ0n) is 14.6. The lowest BCUT2D eigenvalue weighted by atomic mass is 10.2. The van der Waals surface area contributed by atoms with E-state index in [0.717, 1.165) is 14.9 Å². The van der Waals surface area contributed by atoms with E-state index in [1.807, 2.05) is 36.5 Å². The van der Waals surface area contributed by atoms with Crippen LogP contribution in [0.5, 0.6) is 0 Å². The molecule has 25 heavy (non-hydrogen) atoms. The first kappa shape index (κ1) is 19.2. The van der Waals surface area contributed by atoms with Crippen LogP contribution in [0.15, 0.2) is 46.7 Å². The Bertz CT molecular complexity index is 871. The Morgan fingerprint density at radius 2 is 1.88 bits per heavy atom. The second-order valence-electron chi connectivity index (χ2n) is 5.70. The van der Waals surface area contributed by atoms with Gasteiger partial charge in [-0.2, -0.15) is 0 Å². The van der Waals surface area contributed by atoms with Crippen LogP contribution in [-0.2, 0) is 14.8 Å². The first-order chi connectivity index (χ1) is 11.7. The summed E-state index contributed by atoms with van der Waals surface area (Å²) < 4.78 is 25.8. The van der Waals surface area contributed by atoms with Crippen LogP contribution in [0.4, 0.5) is 11.4 Å². The van der Waals surface area contributed by atoms with Crippen LogP contribution in [0.1, 0.15) is 4.88 Å². The molecule has 0 bridgehead atoms. The fraction of sp³-hybridized carbons (Fsp3) is 0.235. The summed E-state index contributed by atoms with van der Waals surface area (Å²) in [5.41, 5.74) is 1.16. The topological polar surface area (TPSA) is 69.7 Å². The van der Waals surface area contributed by atoms with Gasteiger partial charge in [0.05, 0.1) is 16.3 Å². The fourth-order valence-electron chi connectivity index (χ4n) is 2.09. The monoisotopic (exact) mass is 379 g/mol. The van der Waals surface area contributed by atoms with Crippen LogP contribution in [0.3, 0.4) is 0 Å². The van der Waals surface area contributed by atoms with Crippen LogP contribution >= 0.6 is 11.3 Å². The van der Waals surface area contributed by atoms with Crippen LogP contribution in [0.25, 0.3) is 6.08 Å². The van der Waals surface area contributed by atoms with Crippen molar-refractivity contribution in [1.29, 1.82) is 0 Å². The number of carbonyl (C=O) groups excluding carboxylic acids is 1. The standard InChI is InChI=1S/C17H21N3O3S2/c1-19(2)16-9-8-14(25(22,23)20(3)4)12-15(16)18-17(21)10-7-13-6-5-11-24-13/h5-12H,1-4H3,(H,18,21)/b10-7+. The molecular formula is C17H21N3O3S2. The Morgan fingerprint density at radius 3 is 2.44 bits per heavy atom. The first-order valence-corrected chi connectivity index (χ1v) is 9.80. The molecule has 0 atom stereocenters. The summed E-state index contributed by atoms with van der Waals surface area (Å²) in [4.78, 5) is 15.1. The van der Waals surface area contributed by atoms with Crippen molar-refractivity contribution < 1.29 is 13.2 Å². The van der Waals surface area contributed by atoms with E-state index in [1.54, 1.807) is 12.1 Å². The maximum atomic E-state index is 12.3. The number of hydrogen-bond acceptors (Lipinski definition) is 5. The lowest BCUT2D eigenvalue weighted by molar-refractivity contribution is -0.111. The SMILES string of the molecule is CN(C)c1ccc(S(=O)(=O)N(C)C)cc1NC(=O)/C=C/c1cccs1. The number of hydrogen-bond donors (Lipinski definition) is 1. The largest absolute Gasteiger partial charge is 0.376 e. The maximum absolute atomic E-state index is 12.3. The normalized spacial score (nSPS) is 11.9. The summed E-state index contributed by atoms with van der Waals surface area (Å²) in [5.74, 6) is -0.323. The third-order valence-corrected chi connectivity index (χ3v) is 6.08. The molecule has 0 fully saturated rings. The minimum absolute atomic E-state index is 0.126. The van der Waals surface area contributed by atoms with Crippen molar-refractivity contribution in [3.05, 3.63) is 46.7 Å². The zero-order valence-corrected chi connectivity index (χ0v) is 16.2. The fourth-order valence-corrected chi connectivity index (χ4v) is 3.64. The number of sulfonamides is 1. The Balaban J connectivity index is 2.32. The lowest BCUT2D eigenvalue weighted by Crippen LogP contribution is -2.23. The molecule has 2 aromatic rings. The zero-order chi connectivity index (χ0) is 18.6. The molecule has 8 heteroatoms. The van der Waals surface area contributed by atoms with Crippen LogP contribution in [-0.4, -0.2) is 46.8 Å². The quantitative estimate of drug-likeness (QED) is 0.784. The van der Waals surface area contributed by atoms with Crippen molar-refractivity contribution in [2.75, 3.05) is 38.4 Å². The molecule has 0 aliphatic rings. The van der Waals surface area contributed by atoms with Gasteiger partial charge in [-0.3, -0.25) is 4.79 Å². The minimum atomic E-state index is -3.58. The second kappa shape index (κ2) is 7.81. The van der Waals surface area contributed by atoms with E-state index >= 15 is 0 Å². The highest BCUT2D eigenvalue weighted by Gasteiger charge is 2.19. The third-order valence-electron chi connectivity index (χ3n) is 3.43. The van der Waals surface area contributed by atoms with E-state index in [9.17, 15) is 13.2 Å². The van der Waals surface area contributed by atoms with Gasteiger partial charge in [0.25, 0.3) is 0 Å². The summed E-state index contributed by atoms with van der Waals surface area (Å²) >= 11 is 1.53. The summed E-state index contributed by atoms with van der Waals surface area (Å²) in [6.07, 6.45) is 3.15. The van der Waals surface area contributed by atoms with Gasteiger partial charge in [-0.1, -0.05) is 6.07 Å². The predicted octanol–water partition coefficient (Wildman–Crippen LogP) is 2.72. The van der Waals surface area contributed by atoms with Gasteiger partial charge in [-0.25, -0.2) is 12.7 Å². The number of amides is 1. The number of nitrogens with zero attached hydrogens (tertiary/aromatic N) is 2. The van der Waals surface area contributed by atoms with Crippen molar-refractivity contribution in [3.8, 4) is 0 Å². The van der Waals surface area contributed by atoms with E-state index in [1.165, 1.54) is 43.6 Å². The van der Waals surface area contributed by atoms with E-state index in [4.69, 9.17) is 0 Å². The predicted molar refractivity (Wildman–Crippen MR) is 104 cm³/mol. The molecule has 1 amide bonds. The van der Waals surface area contributed by atoms with Crippen LogP contribution in [0, 0.1) is 0 Å². The van der Waals surface area contributed by atoms with Gasteiger partial charge < -0.3 is 10.2 Å². The molecule has 0 unspecified atom stereocenters. The Hall–Kier alpha value is -2.16. The van der Waals surface area contributed by atoms with Crippen molar-refractivity contribution in [2.24, 2.45) is 0 Å². The maximum Gasteiger partial charge on any atom is 0.248 e. The van der Waals surface area contributed by atoms with E-state index in [2.05, 4.69) is 5.32 Å². The number of carbonyl (C=O) groups is 1. The second-order valence-corrected chi connectivity index (χ2v) is 8.83. The third kappa shape index (κ3) is 4.68. The molecule has 2 rings (SSSR count). The van der Waals surface area contributed by atoms with Gasteiger partial charge in [0, 0.05) is 39.1 Å². The van der Waals surface area contributed by atoms with Crippen LogP contribution < -0.4 is 10.2 Å². The molecule has 1 heterocycles. The number of rotatable bonds is 6. The number of nitrogens with one attached hydrogen (secondary N) is 1. The molecule has 134 valence electrons. The van der Waals surface area contributed by atoms with E-state index < -0.39 is 10.0 Å². The van der Waals surface area contributed by atoms with E-state index in [-0.39, 0.29) is 10.8 Å². The molecule has 0 radical (unpaired) electrons. The molecule has 0 saturated carbocycles. The number of benzene rings is 1. The van der Waals surface area contributed by atoms with Gasteiger partial charge in [-0.15, -0.1) is 11.3 Å². The molecule has 0 spiro atoms. The summed E-state index contributed by atoms with van der Waals surface area (Å²) in [7, 11) is 3.01. The smallest absolute Gasteiger partial charge is 0.248 e. The average Bonchev–Trinajstić information content (AvgIpc) is 3.05. The van der Waals surface area contributed by atoms with Gasteiger partial charge in [0.1, 0.15) is 0 Å². The first-order valence-electron chi connectivity index (χ1n) is 7.48. The van der Waals surface area contributed by atoms with Gasteiger partial charge in [0.15, 0.2) is 0 Å². The molecule has 6 nitrogen and oxygen atoms in total. The highest BCUT2D eigenvalue weighted by Crippen LogP contribution is 2.28. The summed E-state index contributed by atoms with van der Waals surface area (Å²) in [5, 5.41) is 4.69. The van der Waals surface area contributed by atoms with Crippen LogP contribution in [0.2, 0.25) is 0 Å². The molecule has 1 N–H and O–H groups in total. The molecule has 0 saturated heterocycles. The molecule has 0 aliphatic carbocycles. The van der Waals surface area contributed by atoms with Crippen molar-refractivity contribution in [3.63, 3.8) is 0 Å². The highest BCUT2D eigenvalue weighted by atomic mass is 32.2. The van der Waals surface area contributed by atoms with Crippen molar-refractivity contribution in [2.45, 2.75) is 4.90 Å². The van der Waals surface area contributed by atoms with Crippen molar-refractivity contribution >= 4 is 44.7 Å². The highest BCUT2D eigenvalue weighted by molar-refractivity contribution is 7.89. The number of anilines is 2. The lowest BCUT2D eigenvalue weighted by Gasteiger charge is -2.19. The minimum Gasteiger partial charge on any atom is -0.376 e. The molecule has 1 aromatic carbocycles. The average molecular weight is 380 g/mol. The molecular weight excluding hydrogens is 358 g/mol. The Morgan fingerprint density at radius 1 is 1.16 bits per heavy atom. The Labute approximate surface area is 152 Å².